The lowest BCUT2D eigenvalue weighted by Crippen LogP contribution is -2.58. The van der Waals surface area contributed by atoms with Crippen molar-refractivity contribution in [2.24, 2.45) is 5.41 Å². The number of aliphatic carboxylic acids is 1. The zero-order chi connectivity index (χ0) is 16.0. The van der Waals surface area contributed by atoms with Gasteiger partial charge in [-0.05, 0) is 31.2 Å². The van der Waals surface area contributed by atoms with Crippen LogP contribution in [0.4, 0.5) is 0 Å². The molecular weight excluding hydrogens is 276 g/mol. The van der Waals surface area contributed by atoms with E-state index >= 15 is 0 Å². The van der Waals surface area contributed by atoms with Crippen LogP contribution in [0.3, 0.4) is 0 Å². The van der Waals surface area contributed by atoms with Gasteiger partial charge in [0.1, 0.15) is 6.04 Å². The number of carbonyl (C=O) groups excluding carboxylic acids is 2. The predicted molar refractivity (Wildman–Crippen MR) is 75.6 cm³/mol. The molecular formula is C14H24N2O5. The van der Waals surface area contributed by atoms with E-state index in [-0.39, 0.29) is 24.2 Å². The third-order valence-electron chi connectivity index (χ3n) is 3.87. The van der Waals surface area contributed by atoms with Crippen molar-refractivity contribution >= 4 is 17.8 Å². The number of piperidine rings is 1. The summed E-state index contributed by atoms with van der Waals surface area (Å²) in [7, 11) is 1.24. The van der Waals surface area contributed by atoms with Gasteiger partial charge in [0.05, 0.1) is 13.2 Å². The van der Waals surface area contributed by atoms with Crippen molar-refractivity contribution in [2.75, 3.05) is 13.7 Å². The highest BCUT2D eigenvalue weighted by atomic mass is 16.5. The molecule has 1 heterocycles. The van der Waals surface area contributed by atoms with Crippen molar-refractivity contribution in [1.82, 2.24) is 10.6 Å². The summed E-state index contributed by atoms with van der Waals surface area (Å²) in [4.78, 5) is 34.6. The number of hydrogen-bond acceptors (Lipinski definition) is 5. The van der Waals surface area contributed by atoms with Crippen LogP contribution in [0.15, 0.2) is 0 Å². The van der Waals surface area contributed by atoms with Gasteiger partial charge in [-0.25, -0.2) is 4.79 Å². The summed E-state index contributed by atoms with van der Waals surface area (Å²) < 4.78 is 4.48. The highest BCUT2D eigenvalue weighted by Gasteiger charge is 2.38. The van der Waals surface area contributed by atoms with Gasteiger partial charge < -0.3 is 20.5 Å². The minimum atomic E-state index is -1.15. The average molecular weight is 300 g/mol. The molecule has 0 bridgehead atoms. The average Bonchev–Trinajstić information content (AvgIpc) is 2.41. The maximum absolute atomic E-state index is 12.3. The van der Waals surface area contributed by atoms with Crippen LogP contribution in [0.2, 0.25) is 0 Å². The van der Waals surface area contributed by atoms with Gasteiger partial charge in [0.15, 0.2) is 0 Å². The molecule has 0 aromatic heterocycles. The first kappa shape index (κ1) is 17.4. The SMILES string of the molecule is COC(=O)CCC(NC(=O)C1NCCCC1(C)C)C(=O)O. The number of carbonyl (C=O) groups is 3. The monoisotopic (exact) mass is 300 g/mol. The molecule has 1 aliphatic rings. The summed E-state index contributed by atoms with van der Waals surface area (Å²) >= 11 is 0. The van der Waals surface area contributed by atoms with Crippen molar-refractivity contribution in [3.05, 3.63) is 0 Å². The van der Waals surface area contributed by atoms with Crippen LogP contribution in [-0.4, -0.2) is 48.7 Å². The van der Waals surface area contributed by atoms with Crippen LogP contribution in [0.25, 0.3) is 0 Å². The summed E-state index contributed by atoms with van der Waals surface area (Å²) in [5, 5.41) is 14.8. The highest BCUT2D eigenvalue weighted by Crippen LogP contribution is 2.30. The van der Waals surface area contributed by atoms with Crippen molar-refractivity contribution in [2.45, 2.75) is 51.6 Å². The van der Waals surface area contributed by atoms with E-state index in [2.05, 4.69) is 15.4 Å². The van der Waals surface area contributed by atoms with E-state index in [1.54, 1.807) is 0 Å². The number of ether oxygens (including phenoxy) is 1. The highest BCUT2D eigenvalue weighted by molar-refractivity contribution is 5.87. The molecule has 7 heteroatoms. The van der Waals surface area contributed by atoms with Crippen LogP contribution < -0.4 is 10.6 Å². The smallest absolute Gasteiger partial charge is 0.326 e. The molecule has 0 radical (unpaired) electrons. The summed E-state index contributed by atoms with van der Waals surface area (Å²) in [5.41, 5.74) is -0.228. The lowest BCUT2D eigenvalue weighted by atomic mass is 9.77. The van der Waals surface area contributed by atoms with Gasteiger partial charge in [0.2, 0.25) is 5.91 Å². The second-order valence-electron chi connectivity index (χ2n) is 5.99. The number of amides is 1. The molecule has 1 saturated heterocycles. The van der Waals surface area contributed by atoms with Gasteiger partial charge in [0, 0.05) is 6.42 Å². The first-order chi connectivity index (χ1) is 9.77. The van der Waals surface area contributed by atoms with E-state index in [1.807, 2.05) is 13.8 Å². The van der Waals surface area contributed by atoms with E-state index in [9.17, 15) is 14.4 Å². The molecule has 1 aliphatic heterocycles. The molecule has 2 atom stereocenters. The topological polar surface area (TPSA) is 105 Å². The summed E-state index contributed by atoms with van der Waals surface area (Å²) in [6, 6.07) is -1.51. The number of methoxy groups -OCH3 is 1. The normalized spacial score (nSPS) is 22.1. The van der Waals surface area contributed by atoms with Crippen LogP contribution >= 0.6 is 0 Å². The standard InChI is InChI=1S/C14H24N2O5/c1-14(2)7-4-8-15-11(14)12(18)16-9(13(19)20)5-6-10(17)21-3/h9,11,15H,4-8H2,1-3H3,(H,16,18)(H,19,20). The zero-order valence-corrected chi connectivity index (χ0v) is 12.8. The molecule has 0 aliphatic carbocycles. The Bertz CT molecular complexity index is 408. The van der Waals surface area contributed by atoms with Gasteiger partial charge in [-0.15, -0.1) is 0 Å². The van der Waals surface area contributed by atoms with E-state index in [0.29, 0.717) is 0 Å². The summed E-state index contributed by atoms with van der Waals surface area (Å²) in [6.07, 6.45) is 1.86. The Morgan fingerprint density at radius 3 is 2.62 bits per heavy atom. The first-order valence-corrected chi connectivity index (χ1v) is 7.11. The number of carboxylic acids is 1. The lowest BCUT2D eigenvalue weighted by Gasteiger charge is -2.38. The molecule has 0 spiro atoms. The van der Waals surface area contributed by atoms with Gasteiger partial charge in [-0.2, -0.15) is 0 Å². The van der Waals surface area contributed by atoms with Gasteiger partial charge in [-0.1, -0.05) is 13.8 Å². The molecule has 1 fully saturated rings. The largest absolute Gasteiger partial charge is 0.480 e. The Labute approximate surface area is 124 Å². The van der Waals surface area contributed by atoms with Gasteiger partial charge >= 0.3 is 11.9 Å². The quantitative estimate of drug-likeness (QED) is 0.609. The van der Waals surface area contributed by atoms with E-state index in [0.717, 1.165) is 19.4 Å². The number of hydrogen-bond donors (Lipinski definition) is 3. The van der Waals surface area contributed by atoms with Gasteiger partial charge in [-0.3, -0.25) is 9.59 Å². The molecule has 7 nitrogen and oxygen atoms in total. The van der Waals surface area contributed by atoms with Gasteiger partial charge in [0.25, 0.3) is 0 Å². The molecule has 120 valence electrons. The first-order valence-electron chi connectivity index (χ1n) is 7.11. The molecule has 0 aromatic rings. The summed E-state index contributed by atoms with van der Waals surface area (Å²) in [6.45, 7) is 4.70. The Hall–Kier alpha value is -1.63. The number of rotatable bonds is 6. The van der Waals surface area contributed by atoms with Crippen LogP contribution in [0.1, 0.15) is 39.5 Å². The van der Waals surface area contributed by atoms with Crippen LogP contribution in [-0.2, 0) is 19.1 Å². The predicted octanol–water partition coefficient (Wildman–Crippen LogP) is 0.287. The minimum absolute atomic E-state index is 0.0148. The van der Waals surface area contributed by atoms with Crippen LogP contribution in [0.5, 0.6) is 0 Å². The van der Waals surface area contributed by atoms with E-state index < -0.39 is 24.0 Å². The van der Waals surface area contributed by atoms with Crippen molar-refractivity contribution < 1.29 is 24.2 Å². The van der Waals surface area contributed by atoms with Crippen LogP contribution in [0, 0.1) is 5.41 Å². The molecule has 21 heavy (non-hydrogen) atoms. The fourth-order valence-corrected chi connectivity index (χ4v) is 2.54. The molecule has 0 aromatic carbocycles. The Morgan fingerprint density at radius 2 is 2.10 bits per heavy atom. The van der Waals surface area contributed by atoms with E-state index in [4.69, 9.17) is 5.11 Å². The maximum Gasteiger partial charge on any atom is 0.326 e. The molecule has 2 unspecified atom stereocenters. The maximum atomic E-state index is 12.3. The van der Waals surface area contributed by atoms with Crippen molar-refractivity contribution in [3.8, 4) is 0 Å². The minimum Gasteiger partial charge on any atom is -0.480 e. The third-order valence-corrected chi connectivity index (χ3v) is 3.87. The van der Waals surface area contributed by atoms with E-state index in [1.165, 1.54) is 7.11 Å². The van der Waals surface area contributed by atoms with Crippen molar-refractivity contribution in [3.63, 3.8) is 0 Å². The fraction of sp³-hybridized carbons (Fsp3) is 0.786. The molecule has 0 saturated carbocycles. The second kappa shape index (κ2) is 7.40. The Kier molecular flexibility index (Phi) is 6.14. The zero-order valence-electron chi connectivity index (χ0n) is 12.8. The fourth-order valence-electron chi connectivity index (χ4n) is 2.54. The molecule has 3 N–H and O–H groups in total. The summed E-state index contributed by atoms with van der Waals surface area (Å²) in [5.74, 6) is -1.98. The molecule has 1 rings (SSSR count). The second-order valence-corrected chi connectivity index (χ2v) is 5.99. The molecule has 1 amide bonds. The number of esters is 1. The number of carboxylic acid groups (broad SMARTS) is 1. The lowest BCUT2D eigenvalue weighted by molar-refractivity contribution is -0.144. The Balaban J connectivity index is 2.63. The Morgan fingerprint density at radius 1 is 1.43 bits per heavy atom. The van der Waals surface area contributed by atoms with Crippen molar-refractivity contribution in [1.29, 1.82) is 0 Å². The number of nitrogens with one attached hydrogen (secondary N) is 2. The third kappa shape index (κ3) is 5.00.